The topological polar surface area (TPSA) is 9.23 Å². The number of hydrogen-bond acceptors (Lipinski definition) is 1. The van der Waals surface area contributed by atoms with Crippen LogP contribution in [0.3, 0.4) is 0 Å². The zero-order chi connectivity index (χ0) is 13.8. The maximum Gasteiger partial charge on any atom is 0.134 e. The van der Waals surface area contributed by atoms with Gasteiger partial charge in [0.15, 0.2) is 0 Å². The maximum atomic E-state index is 13.6. The van der Waals surface area contributed by atoms with Gasteiger partial charge in [-0.3, -0.25) is 0 Å². The number of hydrogen-bond donors (Lipinski definition) is 0. The second kappa shape index (κ2) is 6.07. The van der Waals surface area contributed by atoms with E-state index in [0.29, 0.717) is 23.0 Å². The Kier molecular flexibility index (Phi) is 4.43. The molecule has 3 heteroatoms. The Bertz CT molecular complexity index is 549. The first-order valence-electron chi connectivity index (χ1n) is 6.23. The van der Waals surface area contributed by atoms with E-state index in [1.54, 1.807) is 12.1 Å². The molecule has 0 aromatic heterocycles. The molecule has 2 aromatic carbocycles. The van der Waals surface area contributed by atoms with Crippen molar-refractivity contribution in [1.29, 1.82) is 0 Å². The van der Waals surface area contributed by atoms with Crippen molar-refractivity contribution in [3.63, 3.8) is 0 Å². The molecule has 0 spiro atoms. The average Bonchev–Trinajstić information content (AvgIpc) is 2.39. The second-order valence-corrected chi connectivity index (χ2v) is 4.94. The molecule has 0 aliphatic heterocycles. The lowest BCUT2D eigenvalue weighted by Gasteiger charge is -2.11. The standard InChI is InChI=1S/C16H16ClFO/c1-11(2)12-6-8-13(9-7-12)19-16-5-3-4-15(18)14(16)10-17/h3-9,11H,10H2,1-2H3. The fourth-order valence-corrected chi connectivity index (χ4v) is 2.07. The van der Waals surface area contributed by atoms with Gasteiger partial charge >= 0.3 is 0 Å². The lowest BCUT2D eigenvalue weighted by Crippen LogP contribution is -1.93. The monoisotopic (exact) mass is 278 g/mol. The van der Waals surface area contributed by atoms with E-state index >= 15 is 0 Å². The van der Waals surface area contributed by atoms with Gasteiger partial charge in [-0.05, 0) is 35.7 Å². The summed E-state index contributed by atoms with van der Waals surface area (Å²) in [6, 6.07) is 12.5. The Morgan fingerprint density at radius 2 is 1.79 bits per heavy atom. The normalized spacial score (nSPS) is 10.8. The lowest BCUT2D eigenvalue weighted by atomic mass is 10.0. The van der Waals surface area contributed by atoms with Gasteiger partial charge in [0, 0.05) is 5.56 Å². The molecule has 100 valence electrons. The van der Waals surface area contributed by atoms with Gasteiger partial charge in [0.1, 0.15) is 17.3 Å². The summed E-state index contributed by atoms with van der Waals surface area (Å²) in [7, 11) is 0. The molecule has 2 aromatic rings. The maximum absolute atomic E-state index is 13.6. The Hall–Kier alpha value is -1.54. The molecule has 2 rings (SSSR count). The van der Waals surface area contributed by atoms with Gasteiger partial charge in [0.05, 0.1) is 5.88 Å². The summed E-state index contributed by atoms with van der Waals surface area (Å²) >= 11 is 5.75. The van der Waals surface area contributed by atoms with Crippen molar-refractivity contribution >= 4 is 11.6 Å². The Morgan fingerprint density at radius 1 is 1.11 bits per heavy atom. The highest BCUT2D eigenvalue weighted by Gasteiger charge is 2.09. The quantitative estimate of drug-likeness (QED) is 0.673. The third kappa shape index (κ3) is 3.27. The van der Waals surface area contributed by atoms with Crippen LogP contribution in [0, 0.1) is 5.82 Å². The average molecular weight is 279 g/mol. The minimum atomic E-state index is -0.341. The number of ether oxygens (including phenoxy) is 1. The molecule has 0 saturated heterocycles. The van der Waals surface area contributed by atoms with E-state index in [9.17, 15) is 4.39 Å². The Labute approximate surface area is 118 Å². The summed E-state index contributed by atoms with van der Waals surface area (Å²) in [4.78, 5) is 0. The highest BCUT2D eigenvalue weighted by molar-refractivity contribution is 6.17. The Balaban J connectivity index is 2.24. The molecule has 0 fully saturated rings. The number of benzene rings is 2. The largest absolute Gasteiger partial charge is 0.457 e. The third-order valence-corrected chi connectivity index (χ3v) is 3.25. The van der Waals surface area contributed by atoms with Gasteiger partial charge in [0.25, 0.3) is 0 Å². The minimum absolute atomic E-state index is 0.0894. The first kappa shape index (κ1) is 13.9. The summed E-state index contributed by atoms with van der Waals surface area (Å²) < 4.78 is 19.3. The summed E-state index contributed by atoms with van der Waals surface area (Å²) in [5.74, 6) is 1.37. The second-order valence-electron chi connectivity index (χ2n) is 4.68. The molecule has 0 bridgehead atoms. The molecule has 0 aliphatic carbocycles. The van der Waals surface area contributed by atoms with Crippen LogP contribution in [-0.4, -0.2) is 0 Å². The van der Waals surface area contributed by atoms with Crippen LogP contribution in [0.2, 0.25) is 0 Å². The SMILES string of the molecule is CC(C)c1ccc(Oc2cccc(F)c2CCl)cc1. The first-order chi connectivity index (χ1) is 9.11. The number of rotatable bonds is 4. The zero-order valence-electron chi connectivity index (χ0n) is 11.0. The smallest absolute Gasteiger partial charge is 0.134 e. The summed E-state index contributed by atoms with van der Waals surface area (Å²) in [6.07, 6.45) is 0. The van der Waals surface area contributed by atoms with Gasteiger partial charge < -0.3 is 4.74 Å². The van der Waals surface area contributed by atoms with E-state index in [2.05, 4.69) is 13.8 Å². The highest BCUT2D eigenvalue weighted by Crippen LogP contribution is 2.29. The first-order valence-corrected chi connectivity index (χ1v) is 6.76. The van der Waals surface area contributed by atoms with Gasteiger partial charge in [0.2, 0.25) is 0 Å². The molecule has 0 heterocycles. The highest BCUT2D eigenvalue weighted by atomic mass is 35.5. The molecule has 1 nitrogen and oxygen atoms in total. The molecule has 0 N–H and O–H groups in total. The molecular weight excluding hydrogens is 263 g/mol. The van der Waals surface area contributed by atoms with Crippen molar-refractivity contribution in [1.82, 2.24) is 0 Å². The molecule has 0 aliphatic rings. The van der Waals surface area contributed by atoms with Crippen LogP contribution in [0.1, 0.15) is 30.9 Å². The summed E-state index contributed by atoms with van der Waals surface area (Å²) in [6.45, 7) is 4.27. The fraction of sp³-hybridized carbons (Fsp3) is 0.250. The van der Waals surface area contributed by atoms with E-state index in [1.165, 1.54) is 11.6 Å². The van der Waals surface area contributed by atoms with Crippen LogP contribution < -0.4 is 4.74 Å². The third-order valence-electron chi connectivity index (χ3n) is 2.98. The number of halogens is 2. The predicted octanol–water partition coefficient (Wildman–Crippen LogP) is 5.48. The van der Waals surface area contributed by atoms with E-state index in [4.69, 9.17) is 16.3 Å². The number of alkyl halides is 1. The van der Waals surface area contributed by atoms with Crippen LogP contribution in [0.4, 0.5) is 4.39 Å². The van der Waals surface area contributed by atoms with Gasteiger partial charge in [-0.25, -0.2) is 4.39 Å². The van der Waals surface area contributed by atoms with Crippen LogP contribution >= 0.6 is 11.6 Å². The molecule has 0 atom stereocenters. The van der Waals surface area contributed by atoms with Gasteiger partial charge in [-0.1, -0.05) is 32.0 Å². The van der Waals surface area contributed by atoms with Crippen molar-refractivity contribution < 1.29 is 9.13 Å². The predicted molar refractivity (Wildman–Crippen MR) is 76.6 cm³/mol. The molecule has 0 amide bonds. The summed E-state index contributed by atoms with van der Waals surface area (Å²) in [5, 5.41) is 0. The van der Waals surface area contributed by atoms with Crippen LogP contribution in [0.5, 0.6) is 11.5 Å². The fourth-order valence-electron chi connectivity index (χ4n) is 1.81. The van der Waals surface area contributed by atoms with Crippen molar-refractivity contribution in [2.24, 2.45) is 0 Å². The van der Waals surface area contributed by atoms with Crippen molar-refractivity contribution in [3.05, 3.63) is 59.4 Å². The molecule has 19 heavy (non-hydrogen) atoms. The van der Waals surface area contributed by atoms with Crippen LogP contribution in [-0.2, 0) is 5.88 Å². The van der Waals surface area contributed by atoms with Crippen LogP contribution in [0.25, 0.3) is 0 Å². The minimum Gasteiger partial charge on any atom is -0.457 e. The van der Waals surface area contributed by atoms with Crippen molar-refractivity contribution in [2.75, 3.05) is 0 Å². The zero-order valence-corrected chi connectivity index (χ0v) is 11.7. The van der Waals surface area contributed by atoms with Crippen LogP contribution in [0.15, 0.2) is 42.5 Å². The van der Waals surface area contributed by atoms with Gasteiger partial charge in [-0.2, -0.15) is 0 Å². The van der Waals surface area contributed by atoms with Crippen molar-refractivity contribution in [2.45, 2.75) is 25.6 Å². The van der Waals surface area contributed by atoms with E-state index in [1.807, 2.05) is 24.3 Å². The molecule has 0 radical (unpaired) electrons. The Morgan fingerprint density at radius 3 is 2.37 bits per heavy atom. The molecule has 0 saturated carbocycles. The molecule has 0 unspecified atom stereocenters. The van der Waals surface area contributed by atoms with E-state index in [0.717, 1.165) is 0 Å². The van der Waals surface area contributed by atoms with E-state index in [-0.39, 0.29) is 11.7 Å². The van der Waals surface area contributed by atoms with Gasteiger partial charge in [-0.15, -0.1) is 11.6 Å². The van der Waals surface area contributed by atoms with Crippen molar-refractivity contribution in [3.8, 4) is 11.5 Å². The lowest BCUT2D eigenvalue weighted by molar-refractivity contribution is 0.470. The van der Waals surface area contributed by atoms with E-state index < -0.39 is 0 Å². The summed E-state index contributed by atoms with van der Waals surface area (Å²) in [5.41, 5.74) is 1.63. The molecular formula is C16H16ClFO.